The van der Waals surface area contributed by atoms with Gasteiger partial charge in [-0.05, 0) is 43.5 Å². The van der Waals surface area contributed by atoms with E-state index in [4.69, 9.17) is 27.4 Å². The fraction of sp³-hybridized carbons (Fsp3) is 0.467. The quantitative estimate of drug-likeness (QED) is 0.507. The molecule has 0 heterocycles. The number of ether oxygens (including phenoxy) is 2. The van der Waals surface area contributed by atoms with Gasteiger partial charge in [-0.25, -0.2) is 0 Å². The van der Waals surface area contributed by atoms with Gasteiger partial charge in [-0.3, -0.25) is 4.79 Å². The van der Waals surface area contributed by atoms with Crippen molar-refractivity contribution < 1.29 is 14.3 Å². The molecule has 5 nitrogen and oxygen atoms in total. The molecule has 6 heteroatoms. The van der Waals surface area contributed by atoms with Crippen molar-refractivity contribution in [2.24, 2.45) is 5.73 Å². The predicted molar refractivity (Wildman–Crippen MR) is 86.6 cm³/mol. The van der Waals surface area contributed by atoms with E-state index in [1.54, 1.807) is 31.4 Å². The zero-order chi connectivity index (χ0) is 15.5. The van der Waals surface area contributed by atoms with Gasteiger partial charge in [0.15, 0.2) is 6.61 Å². The number of rotatable bonds is 10. The zero-order valence-corrected chi connectivity index (χ0v) is 13.1. The lowest BCUT2D eigenvalue weighted by Gasteiger charge is -2.08. The van der Waals surface area contributed by atoms with E-state index in [1.165, 1.54) is 0 Å². The first kappa shape index (κ1) is 17.4. The maximum Gasteiger partial charge on any atom is 0.257 e. The van der Waals surface area contributed by atoms with Crippen LogP contribution in [0.4, 0.5) is 0 Å². The van der Waals surface area contributed by atoms with Crippen molar-refractivity contribution in [1.29, 1.82) is 0 Å². The van der Waals surface area contributed by atoms with E-state index in [-0.39, 0.29) is 12.5 Å². The average Bonchev–Trinajstić information content (AvgIpc) is 2.49. The highest BCUT2D eigenvalue weighted by Crippen LogP contribution is 2.11. The van der Waals surface area contributed by atoms with Crippen molar-refractivity contribution in [1.82, 2.24) is 5.32 Å². The number of amides is 1. The second-order valence-corrected chi connectivity index (χ2v) is 5.02. The summed E-state index contributed by atoms with van der Waals surface area (Å²) in [6.07, 6.45) is 2.99. The first-order valence-corrected chi connectivity index (χ1v) is 7.32. The van der Waals surface area contributed by atoms with Crippen LogP contribution in [-0.4, -0.2) is 37.8 Å². The number of unbranched alkanes of at least 4 members (excludes halogenated alkanes) is 2. The summed E-state index contributed by atoms with van der Waals surface area (Å²) in [5.74, 6) is 0.491. The molecule has 0 fully saturated rings. The normalized spacial score (nSPS) is 10.1. The van der Waals surface area contributed by atoms with Crippen molar-refractivity contribution in [3.05, 3.63) is 29.8 Å². The molecule has 0 saturated heterocycles. The van der Waals surface area contributed by atoms with Gasteiger partial charge in [-0.2, -0.15) is 0 Å². The molecular weight excluding hydrogens is 288 g/mol. The van der Waals surface area contributed by atoms with Gasteiger partial charge >= 0.3 is 0 Å². The molecular formula is C15H22N2O3S. The van der Waals surface area contributed by atoms with Crippen molar-refractivity contribution >= 4 is 23.1 Å². The van der Waals surface area contributed by atoms with E-state index in [0.717, 1.165) is 31.4 Å². The highest BCUT2D eigenvalue weighted by atomic mass is 32.1. The van der Waals surface area contributed by atoms with Crippen LogP contribution in [0.3, 0.4) is 0 Å². The molecule has 1 amide bonds. The van der Waals surface area contributed by atoms with E-state index in [1.807, 2.05) is 0 Å². The summed E-state index contributed by atoms with van der Waals surface area (Å²) in [6, 6.07) is 7.02. The molecule has 0 spiro atoms. The highest BCUT2D eigenvalue weighted by Gasteiger charge is 2.03. The lowest BCUT2D eigenvalue weighted by Crippen LogP contribution is -2.29. The van der Waals surface area contributed by atoms with Crippen LogP contribution >= 0.6 is 12.2 Å². The molecule has 1 rings (SSSR count). The van der Waals surface area contributed by atoms with Crippen LogP contribution in [0.2, 0.25) is 0 Å². The number of nitrogens with one attached hydrogen (secondary N) is 1. The number of methoxy groups -OCH3 is 1. The van der Waals surface area contributed by atoms with Crippen LogP contribution in [0.1, 0.15) is 24.8 Å². The van der Waals surface area contributed by atoms with E-state index < -0.39 is 0 Å². The fourth-order valence-electron chi connectivity index (χ4n) is 1.69. The lowest BCUT2D eigenvalue weighted by molar-refractivity contribution is -0.123. The van der Waals surface area contributed by atoms with Crippen LogP contribution < -0.4 is 15.8 Å². The second-order valence-electron chi connectivity index (χ2n) is 4.58. The Labute approximate surface area is 130 Å². The Hall–Kier alpha value is -1.66. The summed E-state index contributed by atoms with van der Waals surface area (Å²) in [5.41, 5.74) is 6.28. The van der Waals surface area contributed by atoms with Crippen LogP contribution in [0.5, 0.6) is 5.75 Å². The zero-order valence-electron chi connectivity index (χ0n) is 12.3. The molecule has 0 aliphatic rings. The van der Waals surface area contributed by atoms with Crippen LogP contribution in [0, 0.1) is 0 Å². The molecule has 1 aromatic rings. The standard InChI is InChI=1S/C15H22N2O3S/c1-19-10-4-2-3-9-17-14(18)11-20-13-7-5-12(6-8-13)15(16)21/h5-8H,2-4,9-11H2,1H3,(H2,16,21)(H,17,18). The smallest absolute Gasteiger partial charge is 0.257 e. The Morgan fingerprint density at radius 2 is 1.95 bits per heavy atom. The van der Waals surface area contributed by atoms with Gasteiger partial charge in [0.2, 0.25) is 0 Å². The summed E-state index contributed by atoms with van der Waals surface area (Å²) in [7, 11) is 1.69. The van der Waals surface area contributed by atoms with Gasteiger partial charge in [-0.15, -0.1) is 0 Å². The molecule has 0 radical (unpaired) electrons. The molecule has 0 unspecified atom stereocenters. The minimum absolute atomic E-state index is 0.00445. The van der Waals surface area contributed by atoms with Gasteiger partial charge in [0.25, 0.3) is 5.91 Å². The van der Waals surface area contributed by atoms with Crippen molar-refractivity contribution in [3.63, 3.8) is 0 Å². The molecule has 116 valence electrons. The first-order valence-electron chi connectivity index (χ1n) is 6.92. The number of carbonyl (C=O) groups excluding carboxylic acids is 1. The van der Waals surface area contributed by atoms with Gasteiger partial charge < -0.3 is 20.5 Å². The maximum atomic E-state index is 11.6. The summed E-state index contributed by atoms with van der Waals surface area (Å²) in [5, 5.41) is 2.81. The largest absolute Gasteiger partial charge is 0.484 e. The third kappa shape index (κ3) is 7.63. The summed E-state index contributed by atoms with van der Waals surface area (Å²) in [4.78, 5) is 11.9. The molecule has 0 saturated carbocycles. The minimum atomic E-state index is -0.125. The van der Waals surface area contributed by atoms with E-state index in [2.05, 4.69) is 5.32 Å². The topological polar surface area (TPSA) is 73.6 Å². The lowest BCUT2D eigenvalue weighted by atomic mass is 10.2. The number of carbonyl (C=O) groups is 1. The number of nitrogens with two attached hydrogens (primary N) is 1. The third-order valence-corrected chi connectivity index (χ3v) is 3.09. The Morgan fingerprint density at radius 3 is 2.57 bits per heavy atom. The third-order valence-electron chi connectivity index (χ3n) is 2.86. The molecule has 0 bridgehead atoms. The SMILES string of the molecule is COCCCCCNC(=O)COc1ccc(C(N)=S)cc1. The second kappa shape index (κ2) is 10.1. The van der Waals surface area contributed by atoms with Crippen LogP contribution in [-0.2, 0) is 9.53 Å². The fourth-order valence-corrected chi connectivity index (χ4v) is 1.83. The molecule has 3 N–H and O–H groups in total. The van der Waals surface area contributed by atoms with Gasteiger partial charge in [0.1, 0.15) is 10.7 Å². The highest BCUT2D eigenvalue weighted by molar-refractivity contribution is 7.80. The van der Waals surface area contributed by atoms with E-state index >= 15 is 0 Å². The predicted octanol–water partition coefficient (Wildman–Crippen LogP) is 1.63. The average molecular weight is 310 g/mol. The van der Waals surface area contributed by atoms with Gasteiger partial charge in [0, 0.05) is 25.8 Å². The van der Waals surface area contributed by atoms with Crippen molar-refractivity contribution in [2.75, 3.05) is 26.9 Å². The number of hydrogen-bond donors (Lipinski definition) is 2. The van der Waals surface area contributed by atoms with E-state index in [9.17, 15) is 4.79 Å². The molecule has 21 heavy (non-hydrogen) atoms. The number of benzene rings is 1. The van der Waals surface area contributed by atoms with Crippen LogP contribution in [0.25, 0.3) is 0 Å². The monoisotopic (exact) mass is 310 g/mol. The Bertz CT molecular complexity index is 449. The van der Waals surface area contributed by atoms with Crippen LogP contribution in [0.15, 0.2) is 24.3 Å². The number of thiocarbonyl (C=S) groups is 1. The van der Waals surface area contributed by atoms with E-state index in [0.29, 0.717) is 17.3 Å². The Morgan fingerprint density at radius 1 is 1.24 bits per heavy atom. The molecule has 1 aromatic carbocycles. The summed E-state index contributed by atoms with van der Waals surface area (Å²) in [6.45, 7) is 1.43. The van der Waals surface area contributed by atoms with Gasteiger partial charge in [-0.1, -0.05) is 12.2 Å². The Kier molecular flexibility index (Phi) is 8.38. The molecule has 0 aliphatic carbocycles. The number of hydrogen-bond acceptors (Lipinski definition) is 4. The molecule has 0 aromatic heterocycles. The Balaban J connectivity index is 2.16. The van der Waals surface area contributed by atoms with Crippen molar-refractivity contribution in [3.8, 4) is 5.75 Å². The molecule has 0 atom stereocenters. The minimum Gasteiger partial charge on any atom is -0.484 e. The summed E-state index contributed by atoms with van der Waals surface area (Å²) < 4.78 is 10.3. The summed E-state index contributed by atoms with van der Waals surface area (Å²) >= 11 is 4.86. The van der Waals surface area contributed by atoms with Crippen molar-refractivity contribution in [2.45, 2.75) is 19.3 Å². The van der Waals surface area contributed by atoms with Gasteiger partial charge in [0.05, 0.1) is 0 Å². The first-order chi connectivity index (χ1) is 10.1. The molecule has 0 aliphatic heterocycles. The maximum absolute atomic E-state index is 11.6.